The summed E-state index contributed by atoms with van der Waals surface area (Å²) in [6.45, 7) is 0.456. The van der Waals surface area contributed by atoms with Crippen LogP contribution in [0.1, 0.15) is 28.4 Å². The van der Waals surface area contributed by atoms with E-state index in [0.717, 1.165) is 16.0 Å². The molecule has 6 nitrogen and oxygen atoms in total. The molecule has 2 aromatic rings. The van der Waals surface area contributed by atoms with Gasteiger partial charge in [-0.25, -0.2) is 0 Å². The Balaban J connectivity index is 2.25. The Labute approximate surface area is 164 Å². The molecular formula is C22H22N2O4. The number of rotatable bonds is 5. The summed E-state index contributed by atoms with van der Waals surface area (Å²) in [6.07, 6.45) is 0. The van der Waals surface area contributed by atoms with Crippen LogP contribution in [0.25, 0.3) is 0 Å². The number of aliphatic hydroxyl groups excluding tert-OH is 1. The predicted molar refractivity (Wildman–Crippen MR) is 106 cm³/mol. The van der Waals surface area contributed by atoms with Gasteiger partial charge >= 0.3 is 0 Å². The number of amides is 2. The summed E-state index contributed by atoms with van der Waals surface area (Å²) in [6, 6.07) is 16.1. The first-order valence-electron chi connectivity index (χ1n) is 8.66. The first-order valence-corrected chi connectivity index (χ1v) is 8.66. The van der Waals surface area contributed by atoms with E-state index >= 15 is 0 Å². The molecule has 0 saturated carbocycles. The van der Waals surface area contributed by atoms with Gasteiger partial charge in [0.2, 0.25) is 0 Å². The van der Waals surface area contributed by atoms with Crippen LogP contribution in [0.15, 0.2) is 54.6 Å². The van der Waals surface area contributed by atoms with E-state index in [-0.39, 0.29) is 0 Å². The van der Waals surface area contributed by atoms with Crippen molar-refractivity contribution in [3.05, 3.63) is 71.3 Å². The van der Waals surface area contributed by atoms with Crippen molar-refractivity contribution in [2.45, 2.75) is 12.5 Å². The third-order valence-electron chi connectivity index (χ3n) is 4.59. The lowest BCUT2D eigenvalue weighted by Gasteiger charge is -2.35. The smallest absolute Gasteiger partial charge is 0.254 e. The molecule has 2 rings (SSSR count). The quantitative estimate of drug-likeness (QED) is 0.605. The van der Waals surface area contributed by atoms with Crippen LogP contribution in [0, 0.1) is 11.8 Å². The lowest BCUT2D eigenvalue weighted by Crippen LogP contribution is -2.62. The van der Waals surface area contributed by atoms with Gasteiger partial charge in [0.05, 0.1) is 0 Å². The van der Waals surface area contributed by atoms with Crippen molar-refractivity contribution < 1.29 is 19.5 Å². The van der Waals surface area contributed by atoms with Crippen LogP contribution in [-0.4, -0.2) is 53.8 Å². The predicted octanol–water partition coefficient (Wildman–Crippen LogP) is 1.22. The number of carbonyl (C=O) groups is 3. The minimum Gasteiger partial charge on any atom is -0.388 e. The summed E-state index contributed by atoms with van der Waals surface area (Å²) in [4.78, 5) is 38.2. The van der Waals surface area contributed by atoms with E-state index in [1.165, 1.54) is 21.0 Å². The number of hydrogen-bond donors (Lipinski definition) is 2. The Morgan fingerprint density at radius 2 is 1.54 bits per heavy atom. The van der Waals surface area contributed by atoms with Crippen molar-refractivity contribution in [2.75, 3.05) is 20.7 Å². The second kappa shape index (κ2) is 8.98. The molecule has 0 radical (unpaired) electrons. The average Bonchev–Trinajstić information content (AvgIpc) is 2.75. The van der Waals surface area contributed by atoms with Crippen LogP contribution < -0.4 is 5.32 Å². The van der Waals surface area contributed by atoms with E-state index in [9.17, 15) is 19.5 Å². The fraction of sp³-hybridized carbons (Fsp3) is 0.227. The standard InChI is InChI=1S/C22H22N2O4/c1-22(19(26)15-25,21(28)23-2)24(3)20(27)18-13-11-17(12-14-18)10-9-16-7-5-4-6-8-16/h4-8,11-14,25H,15H2,1-3H3,(H,23,28). The third kappa shape index (κ3) is 4.27. The van der Waals surface area contributed by atoms with E-state index in [1.807, 2.05) is 30.3 Å². The lowest BCUT2D eigenvalue weighted by atomic mass is 9.92. The molecule has 1 atom stereocenters. The zero-order valence-electron chi connectivity index (χ0n) is 16.0. The largest absolute Gasteiger partial charge is 0.388 e. The SMILES string of the molecule is CNC(=O)C(C)(C(=O)CO)N(C)C(=O)c1ccc(C#Cc2ccccc2)cc1. The highest BCUT2D eigenvalue weighted by Gasteiger charge is 2.46. The minimum absolute atomic E-state index is 0.300. The average molecular weight is 378 g/mol. The Morgan fingerprint density at radius 3 is 2.04 bits per heavy atom. The fourth-order valence-electron chi connectivity index (χ4n) is 2.62. The van der Waals surface area contributed by atoms with Crippen LogP contribution in [0.4, 0.5) is 0 Å². The maximum atomic E-state index is 12.8. The van der Waals surface area contributed by atoms with Gasteiger partial charge in [0.25, 0.3) is 11.8 Å². The number of hydrogen-bond acceptors (Lipinski definition) is 4. The van der Waals surface area contributed by atoms with E-state index in [1.54, 1.807) is 24.3 Å². The molecule has 0 aromatic heterocycles. The van der Waals surface area contributed by atoms with Gasteiger partial charge in [-0.1, -0.05) is 30.0 Å². The van der Waals surface area contributed by atoms with Crippen LogP contribution in [0.3, 0.4) is 0 Å². The maximum Gasteiger partial charge on any atom is 0.254 e. The number of aliphatic hydroxyl groups is 1. The van der Waals surface area contributed by atoms with Crippen molar-refractivity contribution in [3.63, 3.8) is 0 Å². The number of carbonyl (C=O) groups excluding carboxylic acids is 3. The molecule has 0 aliphatic heterocycles. The highest BCUT2D eigenvalue weighted by atomic mass is 16.3. The Hall–Kier alpha value is -3.43. The molecule has 6 heteroatoms. The molecule has 1 unspecified atom stereocenters. The molecule has 0 aliphatic carbocycles. The molecular weight excluding hydrogens is 356 g/mol. The van der Waals surface area contributed by atoms with Crippen molar-refractivity contribution >= 4 is 17.6 Å². The van der Waals surface area contributed by atoms with Gasteiger partial charge in [-0.05, 0) is 43.3 Å². The molecule has 0 spiro atoms. The van der Waals surface area contributed by atoms with Crippen LogP contribution >= 0.6 is 0 Å². The van der Waals surface area contributed by atoms with Crippen LogP contribution in [0.2, 0.25) is 0 Å². The minimum atomic E-state index is -1.81. The number of Topliss-reactive ketones (excluding diaryl/α,β-unsaturated/α-hetero) is 1. The van der Waals surface area contributed by atoms with Gasteiger partial charge < -0.3 is 15.3 Å². The Bertz CT molecular complexity index is 909. The maximum absolute atomic E-state index is 12.8. The van der Waals surface area contributed by atoms with Crippen LogP contribution in [-0.2, 0) is 9.59 Å². The van der Waals surface area contributed by atoms with E-state index in [0.29, 0.717) is 5.56 Å². The molecule has 144 valence electrons. The summed E-state index contributed by atoms with van der Waals surface area (Å²) in [5, 5.41) is 11.6. The first kappa shape index (κ1) is 20.9. The van der Waals surface area contributed by atoms with Gasteiger partial charge in [0.15, 0.2) is 11.3 Å². The van der Waals surface area contributed by atoms with Crippen molar-refractivity contribution in [1.29, 1.82) is 0 Å². The van der Waals surface area contributed by atoms with Gasteiger partial charge in [0.1, 0.15) is 6.61 Å². The van der Waals surface area contributed by atoms with Crippen molar-refractivity contribution in [1.82, 2.24) is 10.2 Å². The van der Waals surface area contributed by atoms with Gasteiger partial charge in [0, 0.05) is 30.8 Å². The molecule has 0 fully saturated rings. The second-order valence-electron chi connectivity index (χ2n) is 6.29. The zero-order chi connectivity index (χ0) is 20.7. The number of likely N-dealkylation sites (N-methyl/N-ethyl adjacent to an activating group) is 2. The molecule has 0 saturated heterocycles. The van der Waals surface area contributed by atoms with Gasteiger partial charge in [-0.2, -0.15) is 0 Å². The van der Waals surface area contributed by atoms with Crippen LogP contribution in [0.5, 0.6) is 0 Å². The number of benzene rings is 2. The highest BCUT2D eigenvalue weighted by molar-refractivity contribution is 6.14. The molecule has 0 heterocycles. The topological polar surface area (TPSA) is 86.7 Å². The monoisotopic (exact) mass is 378 g/mol. The number of ketones is 1. The molecule has 2 aromatic carbocycles. The molecule has 0 aliphatic rings. The number of nitrogens with one attached hydrogen (secondary N) is 1. The Kier molecular flexibility index (Phi) is 6.69. The first-order chi connectivity index (χ1) is 13.3. The summed E-state index contributed by atoms with van der Waals surface area (Å²) in [7, 11) is 2.72. The molecule has 2 amide bonds. The summed E-state index contributed by atoms with van der Waals surface area (Å²) >= 11 is 0. The Morgan fingerprint density at radius 1 is 1.00 bits per heavy atom. The normalized spacial score (nSPS) is 12.1. The van der Waals surface area contributed by atoms with E-state index in [4.69, 9.17) is 0 Å². The summed E-state index contributed by atoms with van der Waals surface area (Å²) < 4.78 is 0. The number of nitrogens with zero attached hydrogens (tertiary/aromatic N) is 1. The second-order valence-corrected chi connectivity index (χ2v) is 6.29. The summed E-state index contributed by atoms with van der Waals surface area (Å²) in [5.74, 6) is 4.08. The van der Waals surface area contributed by atoms with Crippen molar-refractivity contribution in [2.24, 2.45) is 0 Å². The molecule has 0 bridgehead atoms. The summed E-state index contributed by atoms with van der Waals surface area (Å²) in [5.41, 5.74) is 0.0928. The third-order valence-corrected chi connectivity index (χ3v) is 4.59. The van der Waals surface area contributed by atoms with E-state index in [2.05, 4.69) is 17.2 Å². The van der Waals surface area contributed by atoms with Gasteiger partial charge in [-0.3, -0.25) is 14.4 Å². The highest BCUT2D eigenvalue weighted by Crippen LogP contribution is 2.19. The molecule has 28 heavy (non-hydrogen) atoms. The van der Waals surface area contributed by atoms with E-state index < -0.39 is 29.7 Å². The molecule has 2 N–H and O–H groups in total. The zero-order valence-corrected chi connectivity index (χ0v) is 16.0. The lowest BCUT2D eigenvalue weighted by molar-refractivity contribution is -0.143. The van der Waals surface area contributed by atoms with Gasteiger partial charge in [-0.15, -0.1) is 0 Å². The fourth-order valence-corrected chi connectivity index (χ4v) is 2.62. The van der Waals surface area contributed by atoms with Crippen molar-refractivity contribution in [3.8, 4) is 11.8 Å².